The number of unbranched alkanes of at least 4 members (excludes halogenated alkanes) is 6. The second-order valence-corrected chi connectivity index (χ2v) is 13.2. The summed E-state index contributed by atoms with van der Waals surface area (Å²) in [5.41, 5.74) is 11.7. The molecule has 342 valence electrons. The van der Waals surface area contributed by atoms with E-state index in [0.29, 0.717) is 48.7 Å². The number of rotatable bonds is 20. The van der Waals surface area contributed by atoms with Crippen LogP contribution in [-0.2, 0) is 22.7 Å². The molecule has 0 unspecified atom stereocenters. The summed E-state index contributed by atoms with van der Waals surface area (Å²) in [7, 11) is 0. The number of carbonyl (C=O) groups excluding carboxylic acids is 6. The smallest absolute Gasteiger partial charge is 0.430 e. The molecule has 0 radical (unpaired) electrons. The van der Waals surface area contributed by atoms with Crippen LogP contribution in [0.1, 0.15) is 83.2 Å². The Hall–Kier alpha value is -6.42. The second kappa shape index (κ2) is 28.9. The molecule has 3 rings (SSSR count). The first kappa shape index (κ1) is 53.6. The van der Waals surface area contributed by atoms with Gasteiger partial charge in [-0.25, -0.2) is 9.59 Å². The van der Waals surface area contributed by atoms with E-state index >= 15 is 0 Å². The van der Waals surface area contributed by atoms with Gasteiger partial charge in [-0.1, -0.05) is 37.1 Å². The number of amides is 6. The van der Waals surface area contributed by atoms with Gasteiger partial charge in [0.1, 0.15) is 11.9 Å². The molecule has 3 aromatic rings. The monoisotopic (exact) mass is 886 g/mol. The summed E-state index contributed by atoms with van der Waals surface area (Å²) in [6, 6.07) is 20.5. The standard InChI is InChI=1S/C36H50N8O4.2C2HF3O2/c37-21-5-1-3-7-23-39-35(47)43-31-17-9-27(10-18-31)25-41-33(45)29-13-15-30(16-14-29)34(46)42-26-28-11-19-32(20-12-28)44-36(48)40-24-8-4-2-6-22-38;2*3-2(4,5)1(6)7/h9-20H,1-8,21-26,37-38H2,(H,41,45)(H,42,46)(H2,39,43,47)(H2,40,44,48);2*(H,6,7). The van der Waals surface area contributed by atoms with E-state index in [2.05, 4.69) is 43.4 Å². The lowest BCUT2D eigenvalue weighted by molar-refractivity contribution is -0.368. The van der Waals surface area contributed by atoms with Gasteiger partial charge in [0.2, 0.25) is 0 Å². The Morgan fingerprint density at radius 3 is 1.02 bits per heavy atom. The van der Waals surface area contributed by atoms with Crippen molar-refractivity contribution in [3.63, 3.8) is 0 Å². The van der Waals surface area contributed by atoms with E-state index in [0.717, 1.165) is 75.6 Å². The van der Waals surface area contributed by atoms with Gasteiger partial charge in [0.25, 0.3) is 11.8 Å². The molecule has 16 nitrogen and oxygen atoms in total. The van der Waals surface area contributed by atoms with Crippen LogP contribution in [0.4, 0.5) is 47.3 Å². The number of urea groups is 2. The lowest BCUT2D eigenvalue weighted by atomic mass is 10.1. The fourth-order valence-electron chi connectivity index (χ4n) is 4.82. The Kier molecular flexibility index (Phi) is 25.0. The van der Waals surface area contributed by atoms with Crippen LogP contribution in [-0.4, -0.2) is 74.3 Å². The zero-order valence-electron chi connectivity index (χ0n) is 33.8. The number of anilines is 2. The quantitative estimate of drug-likeness (QED) is 0.0613. The summed E-state index contributed by atoms with van der Waals surface area (Å²) in [6.07, 6.45) is -1.86. The molecular weight excluding hydrogens is 834 g/mol. The van der Waals surface area contributed by atoms with E-state index in [9.17, 15) is 45.5 Å². The van der Waals surface area contributed by atoms with Crippen LogP contribution < -0.4 is 53.6 Å². The fraction of sp³-hybridized carbons (Fsp3) is 0.400. The third-order valence-corrected chi connectivity index (χ3v) is 8.13. The highest BCUT2D eigenvalue weighted by Gasteiger charge is 2.29. The van der Waals surface area contributed by atoms with Crippen LogP contribution in [0.2, 0.25) is 0 Å². The predicted octanol–water partition coefficient (Wildman–Crippen LogP) is 1.99. The maximum atomic E-state index is 12.7. The van der Waals surface area contributed by atoms with E-state index in [1.165, 1.54) is 0 Å². The first-order valence-corrected chi connectivity index (χ1v) is 19.4. The van der Waals surface area contributed by atoms with Crippen molar-refractivity contribution in [2.45, 2.75) is 76.8 Å². The number of aliphatic carboxylic acids is 2. The third-order valence-electron chi connectivity index (χ3n) is 8.13. The zero-order chi connectivity index (χ0) is 46.6. The lowest BCUT2D eigenvalue weighted by Crippen LogP contribution is -2.50. The van der Waals surface area contributed by atoms with E-state index in [-0.39, 0.29) is 23.9 Å². The van der Waals surface area contributed by atoms with Gasteiger partial charge in [-0.15, -0.1) is 0 Å². The Labute approximate surface area is 353 Å². The summed E-state index contributed by atoms with van der Waals surface area (Å²) in [6.45, 7) is 3.79. The Balaban J connectivity index is 0.00000117. The lowest BCUT2D eigenvalue weighted by Gasteiger charge is -2.10. The topological polar surface area (TPSA) is 276 Å². The molecule has 0 aliphatic carbocycles. The molecule has 6 amide bonds. The molecule has 22 heteroatoms. The number of quaternary nitrogens is 2. The molecular formula is C40H52F6N8O8. The normalized spacial score (nSPS) is 10.7. The van der Waals surface area contributed by atoms with Gasteiger partial charge >= 0.3 is 24.4 Å². The van der Waals surface area contributed by atoms with Crippen molar-refractivity contribution in [2.75, 3.05) is 36.8 Å². The molecule has 0 aromatic heterocycles. The van der Waals surface area contributed by atoms with Gasteiger partial charge in [0.05, 0.1) is 13.1 Å². The number of carboxylic acid groups (broad SMARTS) is 2. The first-order valence-electron chi connectivity index (χ1n) is 19.4. The molecule has 0 saturated heterocycles. The summed E-state index contributed by atoms with van der Waals surface area (Å²) < 4.78 is 63.1. The molecule has 62 heavy (non-hydrogen) atoms. The van der Waals surface area contributed by atoms with Crippen LogP contribution >= 0.6 is 0 Å². The number of hydrogen-bond donors (Lipinski definition) is 8. The minimum Gasteiger partial charge on any atom is -0.542 e. The number of nitrogens with one attached hydrogen (secondary N) is 6. The molecule has 0 atom stereocenters. The highest BCUT2D eigenvalue weighted by Crippen LogP contribution is 2.14. The molecule has 0 saturated carbocycles. The van der Waals surface area contributed by atoms with Crippen molar-refractivity contribution >= 4 is 47.2 Å². The summed E-state index contributed by atoms with van der Waals surface area (Å²) in [4.78, 5) is 67.1. The average Bonchev–Trinajstić information content (AvgIpc) is 3.22. The van der Waals surface area contributed by atoms with Crippen LogP contribution in [0, 0.1) is 0 Å². The zero-order valence-corrected chi connectivity index (χ0v) is 33.8. The number of carbonyl (C=O) groups is 6. The molecule has 0 aliphatic heterocycles. The highest BCUT2D eigenvalue weighted by molar-refractivity contribution is 5.98. The van der Waals surface area contributed by atoms with Crippen molar-refractivity contribution in [1.29, 1.82) is 0 Å². The van der Waals surface area contributed by atoms with Crippen LogP contribution in [0.3, 0.4) is 0 Å². The molecule has 0 fully saturated rings. The van der Waals surface area contributed by atoms with Crippen molar-refractivity contribution in [3.8, 4) is 0 Å². The number of benzene rings is 3. The van der Waals surface area contributed by atoms with Gasteiger partial charge in [-0.3, -0.25) is 9.59 Å². The number of halogens is 6. The SMILES string of the molecule is O=C([O-])C(F)(F)F.O=C([O-])C(F)(F)F.[NH3+]CCCCCCNC(=O)Nc1ccc(CNC(=O)c2ccc(C(=O)NCc3ccc(NC(=O)NCCCCCC[NH3+])cc3)cc2)cc1. The highest BCUT2D eigenvalue weighted by atomic mass is 19.4. The molecule has 12 N–H and O–H groups in total. The van der Waals surface area contributed by atoms with Gasteiger partial charge < -0.3 is 63.2 Å². The van der Waals surface area contributed by atoms with Crippen LogP contribution in [0.25, 0.3) is 0 Å². The minimum absolute atomic E-state index is 0.239. The van der Waals surface area contributed by atoms with Crippen LogP contribution in [0.5, 0.6) is 0 Å². The van der Waals surface area contributed by atoms with E-state index in [4.69, 9.17) is 19.8 Å². The van der Waals surface area contributed by atoms with Gasteiger partial charge in [-0.2, -0.15) is 26.3 Å². The van der Waals surface area contributed by atoms with Gasteiger partial charge in [0.15, 0.2) is 0 Å². The summed E-state index contributed by atoms with van der Waals surface area (Å²) >= 11 is 0. The molecule has 0 bridgehead atoms. The van der Waals surface area contributed by atoms with Crippen molar-refractivity contribution < 1.29 is 76.8 Å². The largest absolute Gasteiger partial charge is 0.542 e. The maximum absolute atomic E-state index is 12.7. The number of alkyl halides is 6. The van der Waals surface area contributed by atoms with E-state index < -0.39 is 24.3 Å². The Morgan fingerprint density at radius 2 is 0.742 bits per heavy atom. The predicted molar refractivity (Wildman–Crippen MR) is 210 cm³/mol. The van der Waals surface area contributed by atoms with Crippen LogP contribution in [0.15, 0.2) is 72.8 Å². The third kappa shape index (κ3) is 24.6. The Morgan fingerprint density at radius 1 is 0.452 bits per heavy atom. The number of hydrogen-bond acceptors (Lipinski definition) is 8. The minimum atomic E-state index is -5.19. The second-order valence-electron chi connectivity index (χ2n) is 13.2. The molecule has 0 aliphatic rings. The summed E-state index contributed by atoms with van der Waals surface area (Å²) in [5.74, 6) is -6.53. The fourth-order valence-corrected chi connectivity index (χ4v) is 4.82. The Bertz CT molecular complexity index is 1700. The van der Waals surface area contributed by atoms with Gasteiger partial charge in [0, 0.05) is 48.7 Å². The van der Waals surface area contributed by atoms with E-state index in [1.807, 2.05) is 24.3 Å². The van der Waals surface area contributed by atoms with Gasteiger partial charge in [-0.05, 0) is 98.2 Å². The maximum Gasteiger partial charge on any atom is 0.430 e. The first-order chi connectivity index (χ1) is 29.3. The summed E-state index contributed by atoms with van der Waals surface area (Å²) in [5, 5.41) is 34.7. The van der Waals surface area contributed by atoms with Crippen molar-refractivity contribution in [2.24, 2.45) is 0 Å². The number of carboxylic acids is 2. The van der Waals surface area contributed by atoms with Crippen molar-refractivity contribution in [1.82, 2.24) is 21.3 Å². The molecule has 3 aromatic carbocycles. The molecule has 0 heterocycles. The molecule has 0 spiro atoms. The average molecular weight is 887 g/mol. The van der Waals surface area contributed by atoms with E-state index in [1.54, 1.807) is 48.5 Å². The van der Waals surface area contributed by atoms with Crippen molar-refractivity contribution in [3.05, 3.63) is 95.1 Å².